The van der Waals surface area contributed by atoms with Gasteiger partial charge < -0.3 is 15.7 Å². The topological polar surface area (TPSA) is 49.5 Å². The fourth-order valence-corrected chi connectivity index (χ4v) is 3.16. The zero-order valence-corrected chi connectivity index (χ0v) is 9.89. The number of nitrogens with zero attached hydrogens (tertiary/aromatic N) is 1. The fraction of sp³-hybridized carbons (Fsp3) is 0.636. The van der Waals surface area contributed by atoms with Gasteiger partial charge in [-0.2, -0.15) is 0 Å². The Balaban J connectivity index is 2.15. The molecule has 15 heavy (non-hydrogen) atoms. The number of thiophene rings is 1. The molecule has 1 aromatic heterocycles. The van der Waals surface area contributed by atoms with Crippen molar-refractivity contribution in [1.29, 1.82) is 0 Å². The van der Waals surface area contributed by atoms with E-state index in [1.165, 1.54) is 15.3 Å². The third-order valence-corrected chi connectivity index (χ3v) is 4.25. The summed E-state index contributed by atoms with van der Waals surface area (Å²) in [4.78, 5) is 5.04. The van der Waals surface area contributed by atoms with Crippen LogP contribution in [0.1, 0.15) is 27.8 Å². The van der Waals surface area contributed by atoms with Gasteiger partial charge in [0, 0.05) is 35.5 Å². The molecule has 3 N–H and O–H groups in total. The smallest absolute Gasteiger partial charge is 0.0449 e. The lowest BCUT2D eigenvalue weighted by Gasteiger charge is -2.21. The highest BCUT2D eigenvalue weighted by atomic mass is 32.1. The van der Waals surface area contributed by atoms with Crippen LogP contribution in [0.5, 0.6) is 0 Å². The van der Waals surface area contributed by atoms with Crippen molar-refractivity contribution in [1.82, 2.24) is 4.90 Å². The maximum Gasteiger partial charge on any atom is 0.0449 e. The minimum atomic E-state index is 0.0101. The molecule has 3 nitrogen and oxygen atoms in total. The Kier molecular flexibility index (Phi) is 3.41. The van der Waals surface area contributed by atoms with E-state index < -0.39 is 0 Å². The summed E-state index contributed by atoms with van der Waals surface area (Å²) in [5.41, 5.74) is 7.42. The molecule has 0 saturated carbocycles. The second kappa shape index (κ2) is 4.61. The minimum Gasteiger partial charge on any atom is -0.396 e. The van der Waals surface area contributed by atoms with Gasteiger partial charge in [0.2, 0.25) is 0 Å². The third-order valence-electron chi connectivity index (χ3n) is 2.88. The Morgan fingerprint density at radius 1 is 1.67 bits per heavy atom. The summed E-state index contributed by atoms with van der Waals surface area (Å²) in [5.74, 6) is 0. The van der Waals surface area contributed by atoms with Crippen molar-refractivity contribution in [3.8, 4) is 0 Å². The predicted molar refractivity (Wildman–Crippen MR) is 63.0 cm³/mol. The molecule has 84 valence electrons. The van der Waals surface area contributed by atoms with Crippen LogP contribution in [0.3, 0.4) is 0 Å². The quantitative estimate of drug-likeness (QED) is 0.812. The molecule has 0 fully saturated rings. The number of hydrogen-bond acceptors (Lipinski definition) is 4. The van der Waals surface area contributed by atoms with E-state index in [0.29, 0.717) is 6.42 Å². The largest absolute Gasteiger partial charge is 0.396 e. The first-order valence-electron chi connectivity index (χ1n) is 5.37. The van der Waals surface area contributed by atoms with Gasteiger partial charge in [0.1, 0.15) is 0 Å². The summed E-state index contributed by atoms with van der Waals surface area (Å²) >= 11 is 1.82. The van der Waals surface area contributed by atoms with Crippen molar-refractivity contribution in [3.63, 3.8) is 0 Å². The lowest BCUT2D eigenvalue weighted by Crippen LogP contribution is -2.25. The highest BCUT2D eigenvalue weighted by Gasteiger charge is 2.18. The molecule has 0 aliphatic carbocycles. The number of rotatable bonds is 3. The van der Waals surface area contributed by atoms with Crippen molar-refractivity contribution in [2.75, 3.05) is 20.2 Å². The van der Waals surface area contributed by atoms with Gasteiger partial charge in [-0.25, -0.2) is 0 Å². The number of fused-ring (bicyclic) bond motifs is 1. The van der Waals surface area contributed by atoms with Gasteiger partial charge in [-0.1, -0.05) is 0 Å². The van der Waals surface area contributed by atoms with E-state index in [1.807, 2.05) is 11.3 Å². The molecule has 0 radical (unpaired) electrons. The summed E-state index contributed by atoms with van der Waals surface area (Å²) in [6.45, 7) is 2.35. The normalized spacial score (nSPS) is 18.9. The van der Waals surface area contributed by atoms with Gasteiger partial charge >= 0.3 is 0 Å². The Hall–Kier alpha value is -0.420. The van der Waals surface area contributed by atoms with Crippen LogP contribution in [0.2, 0.25) is 0 Å². The van der Waals surface area contributed by atoms with Crippen LogP contribution in [-0.2, 0) is 13.0 Å². The molecule has 2 rings (SSSR count). The van der Waals surface area contributed by atoms with Crippen molar-refractivity contribution >= 4 is 11.3 Å². The first-order valence-corrected chi connectivity index (χ1v) is 6.19. The van der Waals surface area contributed by atoms with Crippen molar-refractivity contribution in [2.45, 2.75) is 25.4 Å². The Morgan fingerprint density at radius 2 is 2.47 bits per heavy atom. The summed E-state index contributed by atoms with van der Waals surface area (Å²) in [7, 11) is 2.15. The van der Waals surface area contributed by atoms with Crippen molar-refractivity contribution < 1.29 is 5.11 Å². The molecule has 0 saturated heterocycles. The number of likely N-dealkylation sites (N-methyl/N-ethyl adjacent to an activating group) is 1. The molecule has 1 atom stereocenters. The summed E-state index contributed by atoms with van der Waals surface area (Å²) in [6.07, 6.45) is 1.80. The third kappa shape index (κ3) is 2.39. The maximum absolute atomic E-state index is 8.86. The molecule has 1 aliphatic rings. The van der Waals surface area contributed by atoms with Gasteiger partial charge in [0.15, 0.2) is 0 Å². The van der Waals surface area contributed by atoms with Gasteiger partial charge in [-0.05, 0) is 31.5 Å². The number of aliphatic hydroxyl groups is 1. The average Bonchev–Trinajstić information content (AvgIpc) is 2.60. The molecule has 1 aromatic rings. The van der Waals surface area contributed by atoms with Crippen LogP contribution in [0.4, 0.5) is 0 Å². The standard InChI is InChI=1S/C11H18N2OS/c1-13-4-2-10-8(7-13)6-11(15-10)9(12)3-5-14/h6,9,14H,2-5,7,12H2,1H3. The molecule has 0 aromatic carbocycles. The molecule has 1 unspecified atom stereocenters. The van der Waals surface area contributed by atoms with Crippen LogP contribution in [-0.4, -0.2) is 30.2 Å². The van der Waals surface area contributed by atoms with E-state index in [2.05, 4.69) is 18.0 Å². The zero-order chi connectivity index (χ0) is 10.8. The highest BCUT2D eigenvalue weighted by molar-refractivity contribution is 7.12. The lowest BCUT2D eigenvalue weighted by atomic mass is 10.1. The molecule has 4 heteroatoms. The van der Waals surface area contributed by atoms with E-state index in [1.54, 1.807) is 0 Å². The Morgan fingerprint density at radius 3 is 3.20 bits per heavy atom. The van der Waals surface area contributed by atoms with Crippen LogP contribution >= 0.6 is 11.3 Å². The van der Waals surface area contributed by atoms with Crippen molar-refractivity contribution in [2.24, 2.45) is 5.73 Å². The number of hydrogen-bond donors (Lipinski definition) is 2. The van der Waals surface area contributed by atoms with Crippen LogP contribution in [0, 0.1) is 0 Å². The Labute approximate surface area is 94.5 Å². The maximum atomic E-state index is 8.86. The summed E-state index contributed by atoms with van der Waals surface area (Å²) < 4.78 is 0. The minimum absolute atomic E-state index is 0.0101. The van der Waals surface area contributed by atoms with E-state index >= 15 is 0 Å². The average molecular weight is 226 g/mol. The molecule has 0 spiro atoms. The van der Waals surface area contributed by atoms with Crippen LogP contribution in [0.25, 0.3) is 0 Å². The molecule has 2 heterocycles. The molecule has 0 bridgehead atoms. The first kappa shape index (κ1) is 11.1. The highest BCUT2D eigenvalue weighted by Crippen LogP contribution is 2.31. The SMILES string of the molecule is CN1CCc2sc(C(N)CCO)cc2C1. The lowest BCUT2D eigenvalue weighted by molar-refractivity contribution is 0.277. The zero-order valence-electron chi connectivity index (χ0n) is 9.07. The summed E-state index contributed by atoms with van der Waals surface area (Å²) in [6, 6.07) is 2.23. The van der Waals surface area contributed by atoms with Crippen LogP contribution in [0.15, 0.2) is 6.07 Å². The van der Waals surface area contributed by atoms with Gasteiger partial charge in [-0.3, -0.25) is 0 Å². The fourth-order valence-electron chi connectivity index (χ4n) is 1.96. The monoisotopic (exact) mass is 226 g/mol. The Bertz CT molecular complexity index is 337. The molecular formula is C11H18N2OS. The molecular weight excluding hydrogens is 208 g/mol. The van der Waals surface area contributed by atoms with E-state index in [4.69, 9.17) is 10.8 Å². The second-order valence-corrected chi connectivity index (χ2v) is 5.37. The van der Waals surface area contributed by atoms with Gasteiger partial charge in [0.25, 0.3) is 0 Å². The molecule has 0 amide bonds. The second-order valence-electron chi connectivity index (χ2n) is 4.20. The number of aliphatic hydroxyl groups excluding tert-OH is 1. The first-order chi connectivity index (χ1) is 7.20. The van der Waals surface area contributed by atoms with E-state index in [9.17, 15) is 0 Å². The predicted octanol–water partition coefficient (Wildman–Crippen LogP) is 1.12. The summed E-state index contributed by atoms with van der Waals surface area (Å²) in [5, 5.41) is 8.86. The number of nitrogens with two attached hydrogens (primary N) is 1. The van der Waals surface area contributed by atoms with Gasteiger partial charge in [-0.15, -0.1) is 11.3 Å². The van der Waals surface area contributed by atoms with Crippen molar-refractivity contribution in [3.05, 3.63) is 21.4 Å². The van der Waals surface area contributed by atoms with Gasteiger partial charge in [0.05, 0.1) is 0 Å². The van der Waals surface area contributed by atoms with Crippen LogP contribution < -0.4 is 5.73 Å². The van der Waals surface area contributed by atoms with E-state index in [-0.39, 0.29) is 12.6 Å². The molecule has 1 aliphatic heterocycles. The van der Waals surface area contributed by atoms with E-state index in [0.717, 1.165) is 19.5 Å².